The lowest BCUT2D eigenvalue weighted by Crippen LogP contribution is -2.38. The summed E-state index contributed by atoms with van der Waals surface area (Å²) in [7, 11) is -1.96. The van der Waals surface area contributed by atoms with Crippen LogP contribution in [0.4, 0.5) is 0 Å². The van der Waals surface area contributed by atoms with Crippen molar-refractivity contribution < 1.29 is 12.8 Å². The highest BCUT2D eigenvalue weighted by Gasteiger charge is 2.39. The lowest BCUT2D eigenvalue weighted by atomic mass is 10.1. The number of aryl methyl sites for hydroxylation is 1. The Bertz CT molecular complexity index is 1010. The average molecular weight is 393 g/mol. The predicted molar refractivity (Wildman–Crippen MR) is 96.0 cm³/mol. The maximum Gasteiger partial charge on any atom is 0.248 e. The van der Waals surface area contributed by atoms with Gasteiger partial charge in [-0.15, -0.1) is 10.2 Å². The molecule has 3 aromatic heterocycles. The minimum atomic E-state index is -3.69. The molecule has 4 rings (SSSR count). The molecule has 138 valence electrons. The van der Waals surface area contributed by atoms with Crippen LogP contribution in [0.1, 0.15) is 36.9 Å². The first-order chi connectivity index (χ1) is 12.5. The SMILES string of the molecule is Cc1c(S(=O)(=O)N2CCCC[C@@H]2c2nnc(-c3ccsc3)o2)cnn1C. The third-order valence-corrected chi connectivity index (χ3v) is 7.42. The zero-order valence-corrected chi connectivity index (χ0v) is 16.1. The maximum absolute atomic E-state index is 13.2. The van der Waals surface area contributed by atoms with E-state index >= 15 is 0 Å². The lowest BCUT2D eigenvalue weighted by molar-refractivity contribution is 0.220. The van der Waals surface area contributed by atoms with E-state index < -0.39 is 16.1 Å². The van der Waals surface area contributed by atoms with E-state index in [9.17, 15) is 8.42 Å². The summed E-state index contributed by atoms with van der Waals surface area (Å²) in [4.78, 5) is 0.226. The summed E-state index contributed by atoms with van der Waals surface area (Å²) in [5.74, 6) is 0.762. The molecule has 3 aromatic rings. The van der Waals surface area contributed by atoms with Gasteiger partial charge >= 0.3 is 0 Å². The molecule has 1 aliphatic rings. The first-order valence-electron chi connectivity index (χ1n) is 8.35. The minimum absolute atomic E-state index is 0.226. The van der Waals surface area contributed by atoms with Gasteiger partial charge in [0.25, 0.3) is 0 Å². The Morgan fingerprint density at radius 1 is 1.31 bits per heavy atom. The van der Waals surface area contributed by atoms with E-state index in [2.05, 4.69) is 15.3 Å². The van der Waals surface area contributed by atoms with E-state index in [1.54, 1.807) is 30.0 Å². The summed E-state index contributed by atoms with van der Waals surface area (Å²) in [6, 6.07) is 1.45. The molecule has 4 heterocycles. The van der Waals surface area contributed by atoms with Crippen LogP contribution in [0.15, 0.2) is 32.3 Å². The summed E-state index contributed by atoms with van der Waals surface area (Å²) in [6.45, 7) is 2.18. The van der Waals surface area contributed by atoms with Crippen molar-refractivity contribution in [2.45, 2.75) is 37.1 Å². The van der Waals surface area contributed by atoms with Crippen molar-refractivity contribution in [1.82, 2.24) is 24.3 Å². The van der Waals surface area contributed by atoms with Crippen LogP contribution in [0.5, 0.6) is 0 Å². The molecule has 0 aliphatic carbocycles. The summed E-state index contributed by atoms with van der Waals surface area (Å²) >= 11 is 1.54. The second-order valence-corrected chi connectivity index (χ2v) is 8.94. The molecule has 1 atom stereocenters. The Balaban J connectivity index is 1.70. The second kappa shape index (κ2) is 6.60. The number of hydrogen-bond acceptors (Lipinski definition) is 7. The smallest absolute Gasteiger partial charge is 0.248 e. The van der Waals surface area contributed by atoms with Crippen molar-refractivity contribution in [2.24, 2.45) is 7.05 Å². The van der Waals surface area contributed by atoms with Crippen molar-refractivity contribution in [1.29, 1.82) is 0 Å². The third kappa shape index (κ3) is 2.87. The molecule has 1 fully saturated rings. The second-order valence-electron chi connectivity index (χ2n) is 6.30. The van der Waals surface area contributed by atoms with Crippen molar-refractivity contribution in [2.75, 3.05) is 6.54 Å². The fraction of sp³-hybridized carbons (Fsp3) is 0.438. The molecule has 1 aliphatic heterocycles. The molecule has 8 nitrogen and oxygen atoms in total. The Morgan fingerprint density at radius 3 is 2.85 bits per heavy atom. The Labute approximate surface area is 155 Å². The molecular formula is C16H19N5O3S2. The lowest BCUT2D eigenvalue weighted by Gasteiger charge is -2.32. The molecule has 0 bridgehead atoms. The van der Waals surface area contributed by atoms with Gasteiger partial charge in [-0.25, -0.2) is 8.42 Å². The number of piperidine rings is 1. The molecule has 1 saturated heterocycles. The molecule has 0 N–H and O–H groups in total. The van der Waals surface area contributed by atoms with Crippen LogP contribution in [-0.4, -0.2) is 39.2 Å². The number of aromatic nitrogens is 4. The molecule has 10 heteroatoms. The number of rotatable bonds is 4. The van der Waals surface area contributed by atoms with Crippen LogP contribution in [-0.2, 0) is 17.1 Å². The predicted octanol–water partition coefficient (Wildman–Crippen LogP) is 2.76. The minimum Gasteiger partial charge on any atom is -0.419 e. The fourth-order valence-electron chi connectivity index (χ4n) is 3.17. The highest BCUT2D eigenvalue weighted by molar-refractivity contribution is 7.89. The van der Waals surface area contributed by atoms with E-state index in [0.29, 0.717) is 30.4 Å². The summed E-state index contributed by atoms with van der Waals surface area (Å²) in [5, 5.41) is 16.2. The third-order valence-electron chi connectivity index (χ3n) is 4.72. The van der Waals surface area contributed by atoms with Crippen molar-refractivity contribution in [3.63, 3.8) is 0 Å². The largest absolute Gasteiger partial charge is 0.419 e. The molecule has 0 aromatic carbocycles. The highest BCUT2D eigenvalue weighted by Crippen LogP contribution is 2.36. The molecule has 0 saturated carbocycles. The normalized spacial score (nSPS) is 19.1. The molecule has 0 radical (unpaired) electrons. The Kier molecular flexibility index (Phi) is 4.41. The van der Waals surface area contributed by atoms with Gasteiger partial charge in [-0.2, -0.15) is 20.7 Å². The average Bonchev–Trinajstić information content (AvgIpc) is 3.37. The van der Waals surface area contributed by atoms with Gasteiger partial charge in [-0.3, -0.25) is 4.68 Å². The van der Waals surface area contributed by atoms with Crippen LogP contribution < -0.4 is 0 Å². The van der Waals surface area contributed by atoms with E-state index in [1.807, 2.05) is 16.8 Å². The van der Waals surface area contributed by atoms with E-state index in [1.165, 1.54) is 10.5 Å². The topological polar surface area (TPSA) is 94.1 Å². The van der Waals surface area contributed by atoms with Gasteiger partial charge < -0.3 is 4.42 Å². The van der Waals surface area contributed by atoms with Crippen LogP contribution in [0, 0.1) is 6.92 Å². The van der Waals surface area contributed by atoms with Gasteiger partial charge in [-0.05, 0) is 31.2 Å². The molecule has 0 amide bonds. The van der Waals surface area contributed by atoms with Crippen molar-refractivity contribution in [3.8, 4) is 11.5 Å². The maximum atomic E-state index is 13.2. The highest BCUT2D eigenvalue weighted by atomic mass is 32.2. The molecule has 0 spiro atoms. The van der Waals surface area contributed by atoms with E-state index in [0.717, 1.165) is 18.4 Å². The molecule has 0 unspecified atom stereocenters. The number of hydrogen-bond donors (Lipinski definition) is 0. The van der Waals surface area contributed by atoms with Crippen molar-refractivity contribution >= 4 is 21.4 Å². The van der Waals surface area contributed by atoms with Crippen LogP contribution in [0.25, 0.3) is 11.5 Å². The van der Waals surface area contributed by atoms with Gasteiger partial charge in [0.1, 0.15) is 10.9 Å². The number of thiophene rings is 1. The quantitative estimate of drug-likeness (QED) is 0.676. The van der Waals surface area contributed by atoms with Gasteiger partial charge in [0.2, 0.25) is 21.8 Å². The van der Waals surface area contributed by atoms with E-state index in [-0.39, 0.29) is 4.90 Å². The number of nitrogens with zero attached hydrogens (tertiary/aromatic N) is 5. The molecular weight excluding hydrogens is 374 g/mol. The molecule has 26 heavy (non-hydrogen) atoms. The van der Waals surface area contributed by atoms with Crippen LogP contribution >= 0.6 is 11.3 Å². The Morgan fingerprint density at radius 2 is 2.15 bits per heavy atom. The number of sulfonamides is 1. The summed E-state index contributed by atoms with van der Waals surface area (Å²) < 4.78 is 35.3. The van der Waals surface area contributed by atoms with Crippen molar-refractivity contribution in [3.05, 3.63) is 34.6 Å². The standard InChI is InChI=1S/C16H19N5O3S2/c1-11-14(9-17-20(11)2)26(22,23)21-7-4-3-5-13(21)16-19-18-15(24-16)12-6-8-25-10-12/h6,8-10,13H,3-5,7H2,1-2H3/t13-/m1/s1. The first-order valence-corrected chi connectivity index (χ1v) is 10.7. The summed E-state index contributed by atoms with van der Waals surface area (Å²) in [5.41, 5.74) is 1.46. The van der Waals surface area contributed by atoms with Gasteiger partial charge in [0.05, 0.1) is 11.9 Å². The van der Waals surface area contributed by atoms with Gasteiger partial charge in [0.15, 0.2) is 0 Å². The monoisotopic (exact) mass is 393 g/mol. The van der Waals surface area contributed by atoms with Crippen LogP contribution in [0.2, 0.25) is 0 Å². The fourth-order valence-corrected chi connectivity index (χ4v) is 5.64. The summed E-state index contributed by atoms with van der Waals surface area (Å²) in [6.07, 6.45) is 3.78. The van der Waals surface area contributed by atoms with E-state index in [4.69, 9.17) is 4.42 Å². The van der Waals surface area contributed by atoms with Gasteiger partial charge in [0, 0.05) is 24.5 Å². The zero-order chi connectivity index (χ0) is 18.3. The van der Waals surface area contributed by atoms with Crippen LogP contribution in [0.3, 0.4) is 0 Å². The van der Waals surface area contributed by atoms with Gasteiger partial charge in [-0.1, -0.05) is 6.42 Å². The Hall–Kier alpha value is -2.04. The zero-order valence-electron chi connectivity index (χ0n) is 14.5. The first kappa shape index (κ1) is 17.4.